The number of nitrogens with one attached hydrogen (secondary N) is 1. The summed E-state index contributed by atoms with van der Waals surface area (Å²) in [6, 6.07) is 6.43. The molecule has 2 heterocycles. The molecule has 1 aliphatic heterocycles. The van der Waals surface area contributed by atoms with E-state index in [-0.39, 0.29) is 29.8 Å². The normalized spacial score (nSPS) is 16.7. The molecule has 0 bridgehead atoms. The van der Waals surface area contributed by atoms with Crippen molar-refractivity contribution < 1.29 is 4.39 Å². The first-order valence-corrected chi connectivity index (χ1v) is 8.70. The zero-order valence-electron chi connectivity index (χ0n) is 15.5. The topological polar surface area (TPSA) is 69.2 Å². The van der Waals surface area contributed by atoms with Gasteiger partial charge in [0.15, 0.2) is 5.96 Å². The first-order valence-electron chi connectivity index (χ1n) is 8.70. The number of rotatable bonds is 4. The molecule has 0 aliphatic carbocycles. The summed E-state index contributed by atoms with van der Waals surface area (Å²) in [4.78, 5) is 6.53. The zero-order chi connectivity index (χ0) is 18.5. The molecule has 1 saturated heterocycles. The van der Waals surface area contributed by atoms with Crippen molar-refractivity contribution in [1.29, 1.82) is 5.26 Å². The van der Waals surface area contributed by atoms with Gasteiger partial charge in [-0.2, -0.15) is 10.4 Å². The highest BCUT2D eigenvalue weighted by atomic mass is 127. The number of nitriles is 1. The van der Waals surface area contributed by atoms with E-state index >= 15 is 0 Å². The van der Waals surface area contributed by atoms with Gasteiger partial charge in [0.05, 0.1) is 17.8 Å². The molecule has 0 spiro atoms. The predicted octanol–water partition coefficient (Wildman–Crippen LogP) is 2.69. The molecule has 2 aromatic rings. The van der Waals surface area contributed by atoms with Crippen molar-refractivity contribution in [3.05, 3.63) is 53.1 Å². The number of likely N-dealkylation sites (tertiary alicyclic amines) is 1. The molecule has 1 atom stereocenters. The van der Waals surface area contributed by atoms with E-state index in [0.29, 0.717) is 23.6 Å². The van der Waals surface area contributed by atoms with Crippen molar-refractivity contribution in [1.82, 2.24) is 20.0 Å². The predicted molar refractivity (Wildman–Crippen MR) is 113 cm³/mol. The highest BCUT2D eigenvalue weighted by Crippen LogP contribution is 2.21. The highest BCUT2D eigenvalue weighted by Gasteiger charge is 2.25. The maximum atomic E-state index is 13.9. The van der Waals surface area contributed by atoms with E-state index in [9.17, 15) is 4.39 Å². The summed E-state index contributed by atoms with van der Waals surface area (Å²) < 4.78 is 15.8. The second kappa shape index (κ2) is 9.69. The molecule has 3 rings (SSSR count). The first-order chi connectivity index (χ1) is 12.6. The second-order valence-corrected chi connectivity index (χ2v) is 6.65. The smallest absolute Gasteiger partial charge is 0.193 e. The summed E-state index contributed by atoms with van der Waals surface area (Å²) in [6.45, 7) is 2.14. The van der Waals surface area contributed by atoms with E-state index in [1.807, 2.05) is 24.0 Å². The van der Waals surface area contributed by atoms with E-state index in [1.165, 1.54) is 17.7 Å². The minimum absolute atomic E-state index is 0. The summed E-state index contributed by atoms with van der Waals surface area (Å²) in [5.41, 5.74) is 2.17. The van der Waals surface area contributed by atoms with Gasteiger partial charge in [-0.25, -0.2) is 4.39 Å². The van der Waals surface area contributed by atoms with Crippen molar-refractivity contribution in [2.45, 2.75) is 19.4 Å². The number of hydrogen-bond donors (Lipinski definition) is 1. The van der Waals surface area contributed by atoms with Crippen LogP contribution in [-0.2, 0) is 20.0 Å². The van der Waals surface area contributed by atoms with Gasteiger partial charge in [-0.15, -0.1) is 24.0 Å². The Labute approximate surface area is 176 Å². The summed E-state index contributed by atoms with van der Waals surface area (Å²) in [5.74, 6) is 1.000. The van der Waals surface area contributed by atoms with Gasteiger partial charge in [0, 0.05) is 45.5 Å². The third-order valence-electron chi connectivity index (χ3n) is 4.69. The van der Waals surface area contributed by atoms with Crippen molar-refractivity contribution in [3.63, 3.8) is 0 Å². The maximum absolute atomic E-state index is 13.9. The van der Waals surface area contributed by atoms with Gasteiger partial charge in [0.2, 0.25) is 0 Å². The van der Waals surface area contributed by atoms with Gasteiger partial charge in [-0.1, -0.05) is 0 Å². The van der Waals surface area contributed by atoms with Crippen LogP contribution in [0.15, 0.2) is 35.6 Å². The van der Waals surface area contributed by atoms with Crippen LogP contribution in [0.2, 0.25) is 0 Å². The average molecular weight is 482 g/mol. The number of nitrogens with zero attached hydrogens (tertiary/aromatic N) is 5. The number of aryl methyl sites for hydroxylation is 1. The molecule has 1 N–H and O–H groups in total. The molecule has 0 radical (unpaired) electrons. The number of benzene rings is 1. The Morgan fingerprint density at radius 3 is 2.96 bits per heavy atom. The Kier molecular flexibility index (Phi) is 7.59. The maximum Gasteiger partial charge on any atom is 0.193 e. The number of guanidine groups is 1. The quantitative estimate of drug-likeness (QED) is 0.414. The molecule has 6 nitrogen and oxygen atoms in total. The van der Waals surface area contributed by atoms with Gasteiger partial charge >= 0.3 is 0 Å². The van der Waals surface area contributed by atoms with E-state index in [4.69, 9.17) is 5.26 Å². The van der Waals surface area contributed by atoms with Crippen LogP contribution in [0.4, 0.5) is 4.39 Å². The number of aliphatic imine (C=N–C) groups is 1. The van der Waals surface area contributed by atoms with Gasteiger partial charge in [-0.3, -0.25) is 9.67 Å². The highest BCUT2D eigenvalue weighted by molar-refractivity contribution is 14.0. The summed E-state index contributed by atoms with van der Waals surface area (Å²) in [5, 5.41) is 16.4. The fourth-order valence-electron chi connectivity index (χ4n) is 3.39. The Hall–Kier alpha value is -2.15. The fraction of sp³-hybridized carbons (Fsp3) is 0.421. The van der Waals surface area contributed by atoms with Crippen molar-refractivity contribution >= 4 is 29.9 Å². The van der Waals surface area contributed by atoms with Crippen LogP contribution in [0.25, 0.3) is 0 Å². The van der Waals surface area contributed by atoms with Crippen LogP contribution in [-0.4, -0.2) is 40.8 Å². The Balaban J connectivity index is 0.00000261. The van der Waals surface area contributed by atoms with E-state index in [0.717, 1.165) is 31.9 Å². The lowest BCUT2D eigenvalue weighted by Crippen LogP contribution is -2.39. The minimum atomic E-state index is -0.317. The van der Waals surface area contributed by atoms with Crippen LogP contribution >= 0.6 is 24.0 Å². The van der Waals surface area contributed by atoms with Gasteiger partial charge in [0.1, 0.15) is 5.82 Å². The molecule has 27 heavy (non-hydrogen) atoms. The Morgan fingerprint density at radius 1 is 1.48 bits per heavy atom. The summed E-state index contributed by atoms with van der Waals surface area (Å²) in [7, 11) is 3.66. The third-order valence-corrected chi connectivity index (χ3v) is 4.69. The molecule has 0 amide bonds. The SMILES string of the molecule is CN=C(NCc1cc(C#N)ccc1F)N1CCC(Cc2cnn(C)c2)C1.I. The monoisotopic (exact) mass is 482 g/mol. The van der Waals surface area contributed by atoms with Crippen LogP contribution in [0.3, 0.4) is 0 Å². The molecule has 0 saturated carbocycles. The molecule has 1 aromatic carbocycles. The van der Waals surface area contributed by atoms with Crippen LogP contribution in [0.1, 0.15) is 23.1 Å². The summed E-state index contributed by atoms with van der Waals surface area (Å²) in [6.07, 6.45) is 6.06. The third kappa shape index (κ3) is 5.42. The standard InChI is InChI=1S/C19H23FN6.HI/c1-22-19(23-11-17-8-14(9-21)3-4-18(17)20)26-6-5-15(13-26)7-16-10-24-25(2)12-16;/h3-4,8,10,12,15H,5-7,11,13H2,1-2H3,(H,22,23);1H. The molecule has 1 aliphatic rings. The lowest BCUT2D eigenvalue weighted by atomic mass is 10.0. The van der Waals surface area contributed by atoms with Gasteiger partial charge < -0.3 is 10.2 Å². The number of hydrogen-bond acceptors (Lipinski definition) is 3. The summed E-state index contributed by atoms with van der Waals surface area (Å²) >= 11 is 0. The van der Waals surface area contributed by atoms with Crippen molar-refractivity contribution in [2.24, 2.45) is 18.0 Å². The molecule has 1 fully saturated rings. The molecule has 144 valence electrons. The van der Waals surface area contributed by atoms with E-state index < -0.39 is 0 Å². The van der Waals surface area contributed by atoms with Gasteiger partial charge in [0.25, 0.3) is 0 Å². The van der Waals surface area contributed by atoms with Gasteiger partial charge in [-0.05, 0) is 42.5 Å². The largest absolute Gasteiger partial charge is 0.352 e. The lowest BCUT2D eigenvalue weighted by Gasteiger charge is -2.22. The Morgan fingerprint density at radius 2 is 2.30 bits per heavy atom. The first kappa shape index (κ1) is 21.2. The molecular weight excluding hydrogens is 458 g/mol. The molecule has 1 aromatic heterocycles. The van der Waals surface area contributed by atoms with Crippen LogP contribution in [0, 0.1) is 23.1 Å². The molecule has 1 unspecified atom stereocenters. The van der Waals surface area contributed by atoms with Crippen molar-refractivity contribution in [2.75, 3.05) is 20.1 Å². The lowest BCUT2D eigenvalue weighted by molar-refractivity contribution is 0.458. The molecular formula is C19H24FIN6. The fourth-order valence-corrected chi connectivity index (χ4v) is 3.39. The Bertz CT molecular complexity index is 841. The second-order valence-electron chi connectivity index (χ2n) is 6.65. The zero-order valence-corrected chi connectivity index (χ0v) is 17.9. The van der Waals surface area contributed by atoms with E-state index in [2.05, 4.69) is 26.5 Å². The average Bonchev–Trinajstić information content (AvgIpc) is 3.26. The molecule has 8 heteroatoms. The van der Waals surface area contributed by atoms with Crippen molar-refractivity contribution in [3.8, 4) is 6.07 Å². The number of halogens is 2. The van der Waals surface area contributed by atoms with Crippen LogP contribution in [0.5, 0.6) is 0 Å². The minimum Gasteiger partial charge on any atom is -0.352 e. The van der Waals surface area contributed by atoms with E-state index in [1.54, 1.807) is 13.1 Å². The number of aromatic nitrogens is 2. The van der Waals surface area contributed by atoms with Crippen LogP contribution < -0.4 is 5.32 Å².